The molecule has 3 aliphatic rings. The lowest BCUT2D eigenvalue weighted by Crippen LogP contribution is -2.52. The number of imide groups is 1. The van der Waals surface area contributed by atoms with Gasteiger partial charge in [0, 0.05) is 18.5 Å². The summed E-state index contributed by atoms with van der Waals surface area (Å²) in [6, 6.07) is 4.67. The standard InChI is InChI=1S/C14H14N2O4.C7H15N.C2H6/c1-20-9-2-3-10-8(6-9)7-16(14(10)19)11-4-5-12(17)15-13(11)18;1-2-8-6-4-3-5-7-8;1-2/h2-3,6,11H,4-5,7H2,1H3,(H,15,17,18);2-7H2,1H3;1-2H3. The third kappa shape index (κ3) is 5.81. The molecule has 0 spiro atoms. The maximum atomic E-state index is 12.3. The van der Waals surface area contributed by atoms with Gasteiger partial charge in [0.25, 0.3) is 5.91 Å². The van der Waals surface area contributed by atoms with Crippen LogP contribution in [0.15, 0.2) is 18.2 Å². The summed E-state index contributed by atoms with van der Waals surface area (Å²) in [7, 11) is 1.57. The minimum Gasteiger partial charge on any atom is -0.497 e. The summed E-state index contributed by atoms with van der Waals surface area (Å²) in [6.45, 7) is 10.6. The van der Waals surface area contributed by atoms with Crippen LogP contribution < -0.4 is 10.1 Å². The molecule has 1 atom stereocenters. The summed E-state index contributed by atoms with van der Waals surface area (Å²) in [5, 5.41) is 2.28. The van der Waals surface area contributed by atoms with E-state index in [0.717, 1.165) is 5.56 Å². The molecule has 1 N–H and O–H groups in total. The van der Waals surface area contributed by atoms with Gasteiger partial charge < -0.3 is 14.5 Å². The van der Waals surface area contributed by atoms with Crippen LogP contribution in [-0.4, -0.2) is 60.3 Å². The Hall–Kier alpha value is -2.41. The minimum absolute atomic E-state index is 0.169. The third-order valence-corrected chi connectivity index (χ3v) is 5.63. The van der Waals surface area contributed by atoms with Crippen molar-refractivity contribution in [3.05, 3.63) is 29.3 Å². The number of methoxy groups -OCH3 is 1. The van der Waals surface area contributed by atoms with Crippen molar-refractivity contribution in [2.75, 3.05) is 26.7 Å². The smallest absolute Gasteiger partial charge is 0.255 e. The zero-order valence-electron chi connectivity index (χ0n) is 18.7. The Kier molecular flexibility index (Phi) is 9.30. The number of benzene rings is 1. The maximum Gasteiger partial charge on any atom is 0.255 e. The monoisotopic (exact) mass is 417 g/mol. The van der Waals surface area contributed by atoms with Gasteiger partial charge >= 0.3 is 0 Å². The Balaban J connectivity index is 0.000000269. The zero-order chi connectivity index (χ0) is 22.1. The quantitative estimate of drug-likeness (QED) is 0.765. The molecule has 7 nitrogen and oxygen atoms in total. The molecule has 3 amide bonds. The first kappa shape index (κ1) is 23.9. The second-order valence-corrected chi connectivity index (χ2v) is 7.42. The Morgan fingerprint density at radius 3 is 2.37 bits per heavy atom. The number of fused-ring (bicyclic) bond motifs is 1. The minimum atomic E-state index is -0.571. The van der Waals surface area contributed by atoms with Crippen molar-refractivity contribution in [3.63, 3.8) is 0 Å². The number of piperidine rings is 2. The number of hydrogen-bond donors (Lipinski definition) is 1. The fourth-order valence-electron chi connectivity index (χ4n) is 3.95. The Morgan fingerprint density at radius 2 is 1.80 bits per heavy atom. The van der Waals surface area contributed by atoms with E-state index in [2.05, 4.69) is 17.1 Å². The first-order valence-corrected chi connectivity index (χ1v) is 11.1. The molecule has 1 aromatic rings. The van der Waals surface area contributed by atoms with Gasteiger partial charge in [-0.05, 0) is 62.7 Å². The van der Waals surface area contributed by atoms with Crippen LogP contribution in [0.1, 0.15) is 68.8 Å². The highest BCUT2D eigenvalue weighted by atomic mass is 16.5. The van der Waals surface area contributed by atoms with Gasteiger partial charge in [-0.15, -0.1) is 0 Å². The number of hydrogen-bond acceptors (Lipinski definition) is 5. The van der Waals surface area contributed by atoms with E-state index in [1.165, 1.54) is 43.8 Å². The van der Waals surface area contributed by atoms with Crippen molar-refractivity contribution < 1.29 is 19.1 Å². The molecule has 3 heterocycles. The molecule has 0 aromatic heterocycles. The van der Waals surface area contributed by atoms with Gasteiger partial charge in [-0.2, -0.15) is 0 Å². The van der Waals surface area contributed by atoms with Crippen LogP contribution in [0.3, 0.4) is 0 Å². The molecule has 166 valence electrons. The second-order valence-electron chi connectivity index (χ2n) is 7.42. The van der Waals surface area contributed by atoms with Gasteiger partial charge in [-0.3, -0.25) is 19.7 Å². The van der Waals surface area contributed by atoms with Gasteiger partial charge in [0.15, 0.2) is 0 Å². The number of carbonyl (C=O) groups excluding carboxylic acids is 3. The number of ether oxygens (including phenoxy) is 1. The Labute approximate surface area is 179 Å². The largest absolute Gasteiger partial charge is 0.497 e. The fourth-order valence-corrected chi connectivity index (χ4v) is 3.95. The lowest BCUT2D eigenvalue weighted by molar-refractivity contribution is -0.136. The van der Waals surface area contributed by atoms with Gasteiger partial charge in [0.05, 0.1) is 7.11 Å². The van der Waals surface area contributed by atoms with Crippen molar-refractivity contribution in [3.8, 4) is 5.75 Å². The zero-order valence-corrected chi connectivity index (χ0v) is 18.7. The summed E-state index contributed by atoms with van der Waals surface area (Å²) in [5.74, 6) is -0.162. The van der Waals surface area contributed by atoms with Crippen LogP contribution in [0.25, 0.3) is 0 Å². The highest BCUT2D eigenvalue weighted by Gasteiger charge is 2.39. The van der Waals surface area contributed by atoms with E-state index in [9.17, 15) is 14.4 Å². The predicted octanol–water partition coefficient (Wildman–Crippen LogP) is 2.97. The van der Waals surface area contributed by atoms with E-state index in [-0.39, 0.29) is 18.2 Å². The summed E-state index contributed by atoms with van der Waals surface area (Å²) in [4.78, 5) is 39.4. The summed E-state index contributed by atoms with van der Waals surface area (Å²) in [5.41, 5.74) is 1.44. The van der Waals surface area contributed by atoms with Crippen molar-refractivity contribution in [2.45, 2.75) is 65.5 Å². The van der Waals surface area contributed by atoms with Gasteiger partial charge in [-0.25, -0.2) is 0 Å². The second kappa shape index (κ2) is 11.7. The van der Waals surface area contributed by atoms with Gasteiger partial charge in [-0.1, -0.05) is 27.2 Å². The first-order chi connectivity index (χ1) is 14.5. The summed E-state index contributed by atoms with van der Waals surface area (Å²) < 4.78 is 5.14. The maximum absolute atomic E-state index is 12.3. The van der Waals surface area contributed by atoms with E-state index in [4.69, 9.17) is 4.74 Å². The molecule has 0 saturated carbocycles. The Morgan fingerprint density at radius 1 is 1.10 bits per heavy atom. The molecule has 2 saturated heterocycles. The number of likely N-dealkylation sites (tertiary alicyclic amines) is 1. The van der Waals surface area contributed by atoms with E-state index in [1.54, 1.807) is 25.3 Å². The summed E-state index contributed by atoms with van der Waals surface area (Å²) >= 11 is 0. The highest BCUT2D eigenvalue weighted by Crippen LogP contribution is 2.29. The molecular formula is C23H35N3O4. The molecule has 1 aromatic carbocycles. The van der Waals surface area contributed by atoms with Crippen molar-refractivity contribution in [1.82, 2.24) is 15.1 Å². The molecule has 0 aliphatic carbocycles. The lowest BCUT2D eigenvalue weighted by Gasteiger charge is -2.29. The fraction of sp³-hybridized carbons (Fsp3) is 0.609. The number of rotatable bonds is 3. The lowest BCUT2D eigenvalue weighted by atomic mass is 10.0. The number of nitrogens with zero attached hydrogens (tertiary/aromatic N) is 2. The van der Waals surface area contributed by atoms with Crippen LogP contribution in [-0.2, 0) is 16.1 Å². The molecule has 4 rings (SSSR count). The number of nitrogens with one attached hydrogen (secondary N) is 1. The van der Waals surface area contributed by atoms with E-state index in [0.29, 0.717) is 24.3 Å². The number of amides is 3. The molecule has 3 aliphatic heterocycles. The average Bonchev–Trinajstić information content (AvgIpc) is 3.11. The summed E-state index contributed by atoms with van der Waals surface area (Å²) in [6.07, 6.45) is 4.94. The molecular weight excluding hydrogens is 382 g/mol. The Bertz CT molecular complexity index is 744. The molecule has 0 radical (unpaired) electrons. The number of carbonyl (C=O) groups is 3. The van der Waals surface area contributed by atoms with Gasteiger partial charge in [0.1, 0.15) is 11.8 Å². The normalized spacial score (nSPS) is 21.0. The topological polar surface area (TPSA) is 79.0 Å². The van der Waals surface area contributed by atoms with Crippen molar-refractivity contribution >= 4 is 17.7 Å². The van der Waals surface area contributed by atoms with E-state index in [1.807, 2.05) is 13.8 Å². The van der Waals surface area contributed by atoms with Crippen molar-refractivity contribution in [2.24, 2.45) is 0 Å². The molecule has 2 fully saturated rings. The third-order valence-electron chi connectivity index (χ3n) is 5.63. The van der Waals surface area contributed by atoms with Crippen LogP contribution in [0.5, 0.6) is 5.75 Å². The van der Waals surface area contributed by atoms with Crippen LogP contribution in [0.4, 0.5) is 0 Å². The van der Waals surface area contributed by atoms with Crippen LogP contribution >= 0.6 is 0 Å². The van der Waals surface area contributed by atoms with Crippen LogP contribution in [0.2, 0.25) is 0 Å². The van der Waals surface area contributed by atoms with E-state index >= 15 is 0 Å². The predicted molar refractivity (Wildman–Crippen MR) is 116 cm³/mol. The molecule has 7 heteroatoms. The molecule has 0 bridgehead atoms. The highest BCUT2D eigenvalue weighted by molar-refractivity contribution is 6.05. The van der Waals surface area contributed by atoms with E-state index < -0.39 is 11.9 Å². The molecule has 30 heavy (non-hydrogen) atoms. The molecule has 1 unspecified atom stereocenters. The van der Waals surface area contributed by atoms with Crippen molar-refractivity contribution in [1.29, 1.82) is 0 Å². The average molecular weight is 418 g/mol. The van der Waals surface area contributed by atoms with Crippen LogP contribution in [0, 0.1) is 0 Å². The first-order valence-electron chi connectivity index (χ1n) is 11.1. The van der Waals surface area contributed by atoms with Gasteiger partial charge in [0.2, 0.25) is 11.8 Å². The SMILES string of the molecule is CC.CCN1CCCCC1.COc1ccc2c(c1)CN(C1CCC(=O)NC1=O)C2=O.